The van der Waals surface area contributed by atoms with Crippen LogP contribution in [0.15, 0.2) is 0 Å². The maximum absolute atomic E-state index is 6.27. The van der Waals surface area contributed by atoms with Gasteiger partial charge in [-0.3, -0.25) is 0 Å². The lowest BCUT2D eigenvalue weighted by atomic mass is 9.83. The minimum Gasteiger partial charge on any atom is -0.325 e. The summed E-state index contributed by atoms with van der Waals surface area (Å²) >= 11 is 0. The van der Waals surface area contributed by atoms with E-state index >= 15 is 0 Å². The molecular weight excluding hydrogens is 146 g/mol. The number of hydrogen-bond donors (Lipinski definition) is 1. The van der Waals surface area contributed by atoms with E-state index in [-0.39, 0.29) is 5.54 Å². The van der Waals surface area contributed by atoms with Crippen LogP contribution in [0.3, 0.4) is 0 Å². The highest BCUT2D eigenvalue weighted by atomic mass is 14.7. The lowest BCUT2D eigenvalue weighted by molar-refractivity contribution is 0.294. The van der Waals surface area contributed by atoms with Crippen LogP contribution in [-0.4, -0.2) is 5.54 Å². The standard InChI is InChI=1S/C11H23N/c1-10(2,3)8-9-11(12)6-4-5-7-11/h4-9,12H2,1-3H3. The van der Waals surface area contributed by atoms with Gasteiger partial charge in [-0.15, -0.1) is 0 Å². The van der Waals surface area contributed by atoms with Crippen molar-refractivity contribution in [2.45, 2.75) is 64.8 Å². The van der Waals surface area contributed by atoms with Crippen LogP contribution < -0.4 is 5.73 Å². The Morgan fingerprint density at radius 2 is 1.67 bits per heavy atom. The topological polar surface area (TPSA) is 26.0 Å². The molecule has 1 heteroatoms. The lowest BCUT2D eigenvalue weighted by Crippen LogP contribution is -2.37. The predicted octanol–water partition coefficient (Wildman–Crippen LogP) is 3.08. The highest BCUT2D eigenvalue weighted by Crippen LogP contribution is 2.34. The molecule has 0 amide bonds. The van der Waals surface area contributed by atoms with Crippen LogP contribution in [-0.2, 0) is 0 Å². The minimum absolute atomic E-state index is 0.202. The number of hydrogen-bond acceptors (Lipinski definition) is 1. The van der Waals surface area contributed by atoms with Crippen molar-refractivity contribution in [1.82, 2.24) is 0 Å². The SMILES string of the molecule is CC(C)(C)CCC1(N)CCCC1. The van der Waals surface area contributed by atoms with Crippen LogP contribution in [0.5, 0.6) is 0 Å². The van der Waals surface area contributed by atoms with Crippen molar-refractivity contribution in [3.8, 4) is 0 Å². The van der Waals surface area contributed by atoms with Crippen LogP contribution in [0.2, 0.25) is 0 Å². The van der Waals surface area contributed by atoms with Gasteiger partial charge in [-0.05, 0) is 31.1 Å². The molecule has 1 aliphatic carbocycles. The number of nitrogens with two attached hydrogens (primary N) is 1. The summed E-state index contributed by atoms with van der Waals surface area (Å²) in [5, 5.41) is 0. The summed E-state index contributed by atoms with van der Waals surface area (Å²) < 4.78 is 0. The molecule has 0 aromatic carbocycles. The molecule has 0 aromatic heterocycles. The highest BCUT2D eigenvalue weighted by molar-refractivity contribution is 4.89. The van der Waals surface area contributed by atoms with Crippen LogP contribution in [0, 0.1) is 5.41 Å². The van der Waals surface area contributed by atoms with Gasteiger partial charge in [-0.25, -0.2) is 0 Å². The first-order chi connectivity index (χ1) is 5.41. The zero-order valence-corrected chi connectivity index (χ0v) is 8.82. The monoisotopic (exact) mass is 169 g/mol. The summed E-state index contributed by atoms with van der Waals surface area (Å²) in [6.07, 6.45) is 7.69. The number of rotatable bonds is 2. The second kappa shape index (κ2) is 3.37. The van der Waals surface area contributed by atoms with E-state index in [2.05, 4.69) is 20.8 Å². The van der Waals surface area contributed by atoms with Gasteiger partial charge < -0.3 is 5.73 Å². The molecule has 72 valence electrons. The minimum atomic E-state index is 0.202. The summed E-state index contributed by atoms with van der Waals surface area (Å²) in [6.45, 7) is 6.89. The second-order valence-electron chi connectivity index (χ2n) is 5.63. The maximum Gasteiger partial charge on any atom is 0.0154 e. The molecule has 1 rings (SSSR count). The first-order valence-corrected chi connectivity index (χ1v) is 5.20. The fraction of sp³-hybridized carbons (Fsp3) is 1.00. The van der Waals surface area contributed by atoms with E-state index < -0.39 is 0 Å². The Bertz CT molecular complexity index is 138. The first kappa shape index (κ1) is 10.0. The zero-order chi connectivity index (χ0) is 9.24. The molecule has 0 atom stereocenters. The molecule has 1 saturated carbocycles. The largest absolute Gasteiger partial charge is 0.325 e. The summed E-state index contributed by atoms with van der Waals surface area (Å²) in [5.74, 6) is 0. The summed E-state index contributed by atoms with van der Waals surface area (Å²) in [6, 6.07) is 0. The van der Waals surface area contributed by atoms with E-state index in [0.717, 1.165) is 0 Å². The van der Waals surface area contributed by atoms with E-state index in [1.807, 2.05) is 0 Å². The fourth-order valence-electron chi connectivity index (χ4n) is 1.95. The van der Waals surface area contributed by atoms with Gasteiger partial charge in [0, 0.05) is 5.54 Å². The van der Waals surface area contributed by atoms with E-state index in [9.17, 15) is 0 Å². The summed E-state index contributed by atoms with van der Waals surface area (Å²) in [5.41, 5.74) is 6.92. The second-order valence-corrected chi connectivity index (χ2v) is 5.63. The third-order valence-corrected chi connectivity index (χ3v) is 2.97. The Hall–Kier alpha value is -0.0400. The average Bonchev–Trinajstić information content (AvgIpc) is 2.32. The van der Waals surface area contributed by atoms with Gasteiger partial charge in [-0.1, -0.05) is 33.6 Å². The van der Waals surface area contributed by atoms with Crippen molar-refractivity contribution in [2.24, 2.45) is 11.1 Å². The van der Waals surface area contributed by atoms with Crippen LogP contribution in [0.1, 0.15) is 59.3 Å². The van der Waals surface area contributed by atoms with Crippen molar-refractivity contribution < 1.29 is 0 Å². The smallest absolute Gasteiger partial charge is 0.0154 e. The van der Waals surface area contributed by atoms with Gasteiger partial charge >= 0.3 is 0 Å². The summed E-state index contributed by atoms with van der Waals surface area (Å²) in [7, 11) is 0. The Kier molecular flexibility index (Phi) is 2.82. The van der Waals surface area contributed by atoms with E-state index in [0.29, 0.717) is 5.41 Å². The highest BCUT2D eigenvalue weighted by Gasteiger charge is 2.30. The predicted molar refractivity (Wildman–Crippen MR) is 54.1 cm³/mol. The van der Waals surface area contributed by atoms with Gasteiger partial charge in [0.2, 0.25) is 0 Å². The van der Waals surface area contributed by atoms with Crippen molar-refractivity contribution in [3.63, 3.8) is 0 Å². The quantitative estimate of drug-likeness (QED) is 0.675. The third-order valence-electron chi connectivity index (χ3n) is 2.97. The molecule has 0 unspecified atom stereocenters. The van der Waals surface area contributed by atoms with Gasteiger partial charge in [0.1, 0.15) is 0 Å². The van der Waals surface area contributed by atoms with Gasteiger partial charge in [0.15, 0.2) is 0 Å². The summed E-state index contributed by atoms with van der Waals surface area (Å²) in [4.78, 5) is 0. The van der Waals surface area contributed by atoms with E-state index in [1.54, 1.807) is 0 Å². The van der Waals surface area contributed by atoms with Crippen molar-refractivity contribution in [1.29, 1.82) is 0 Å². The van der Waals surface area contributed by atoms with E-state index in [4.69, 9.17) is 5.73 Å². The Labute approximate surface area is 76.7 Å². The zero-order valence-electron chi connectivity index (χ0n) is 8.82. The van der Waals surface area contributed by atoms with Crippen molar-refractivity contribution in [2.75, 3.05) is 0 Å². The Morgan fingerprint density at radius 1 is 1.17 bits per heavy atom. The molecular formula is C11H23N. The molecule has 0 heterocycles. The first-order valence-electron chi connectivity index (χ1n) is 5.20. The molecule has 2 N–H and O–H groups in total. The fourth-order valence-corrected chi connectivity index (χ4v) is 1.95. The molecule has 1 nitrogen and oxygen atoms in total. The van der Waals surface area contributed by atoms with Crippen LogP contribution in [0.25, 0.3) is 0 Å². The molecule has 0 spiro atoms. The average molecular weight is 169 g/mol. The Morgan fingerprint density at radius 3 is 2.08 bits per heavy atom. The van der Waals surface area contributed by atoms with Gasteiger partial charge in [-0.2, -0.15) is 0 Å². The van der Waals surface area contributed by atoms with Gasteiger partial charge in [0.25, 0.3) is 0 Å². The molecule has 1 aliphatic rings. The Balaban J connectivity index is 2.30. The third kappa shape index (κ3) is 3.14. The molecule has 0 bridgehead atoms. The molecule has 1 fully saturated rings. The van der Waals surface area contributed by atoms with Crippen molar-refractivity contribution >= 4 is 0 Å². The van der Waals surface area contributed by atoms with Crippen LogP contribution >= 0.6 is 0 Å². The molecule has 0 aromatic rings. The molecule has 0 saturated heterocycles. The van der Waals surface area contributed by atoms with Crippen LogP contribution in [0.4, 0.5) is 0 Å². The van der Waals surface area contributed by atoms with E-state index in [1.165, 1.54) is 38.5 Å². The maximum atomic E-state index is 6.27. The lowest BCUT2D eigenvalue weighted by Gasteiger charge is -2.28. The molecule has 0 radical (unpaired) electrons. The van der Waals surface area contributed by atoms with Gasteiger partial charge in [0.05, 0.1) is 0 Å². The molecule has 0 aliphatic heterocycles. The normalized spacial score (nSPS) is 23.0. The van der Waals surface area contributed by atoms with Crippen molar-refractivity contribution in [3.05, 3.63) is 0 Å². The molecule has 12 heavy (non-hydrogen) atoms.